The molecule has 0 radical (unpaired) electrons. The lowest BCUT2D eigenvalue weighted by molar-refractivity contribution is 0.0930. The molecule has 0 aromatic carbocycles. The van der Waals surface area contributed by atoms with Crippen LogP contribution in [-0.4, -0.2) is 65.9 Å². The second-order valence-electron chi connectivity index (χ2n) is 9.43. The summed E-state index contributed by atoms with van der Waals surface area (Å²) in [6.07, 6.45) is 5.24. The molecule has 33 heavy (non-hydrogen) atoms. The molecular weight excluding hydrogens is 422 g/mol. The first-order valence-corrected chi connectivity index (χ1v) is 11.4. The predicted molar refractivity (Wildman–Crippen MR) is 118 cm³/mol. The SMILES string of the molecule is Cc1nc(N2C[C@@H]3[C@H](CO)[C@@H]3C2)ncc1Cn1cc(C(=O)N[C@@H]2CCc3c(C)n[nH]c32)nn1. The van der Waals surface area contributed by atoms with Crippen LogP contribution in [0.15, 0.2) is 12.4 Å². The molecule has 4 heterocycles. The van der Waals surface area contributed by atoms with Gasteiger partial charge in [0.2, 0.25) is 5.95 Å². The Bertz CT molecular complexity index is 1210. The van der Waals surface area contributed by atoms with Crippen molar-refractivity contribution in [2.24, 2.45) is 17.8 Å². The number of carbonyl (C=O) groups excluding carboxylic acids is 1. The molecule has 2 fully saturated rings. The molecule has 11 nitrogen and oxygen atoms in total. The fourth-order valence-corrected chi connectivity index (χ4v) is 5.41. The molecule has 1 amide bonds. The maximum atomic E-state index is 12.7. The number of piperidine rings is 1. The average Bonchev–Trinajstić information content (AvgIpc) is 3.36. The lowest BCUT2D eigenvalue weighted by atomic mass is 10.2. The lowest BCUT2D eigenvalue weighted by Crippen LogP contribution is -2.27. The van der Waals surface area contributed by atoms with E-state index in [4.69, 9.17) is 4.98 Å². The molecule has 1 aliphatic heterocycles. The van der Waals surface area contributed by atoms with Gasteiger partial charge in [-0.3, -0.25) is 9.89 Å². The van der Waals surface area contributed by atoms with E-state index in [0.717, 1.165) is 54.5 Å². The van der Waals surface area contributed by atoms with Gasteiger partial charge in [0.05, 0.1) is 30.2 Å². The Morgan fingerprint density at radius 2 is 2.09 bits per heavy atom. The smallest absolute Gasteiger partial charge is 0.273 e. The highest BCUT2D eigenvalue weighted by atomic mass is 16.3. The molecule has 6 rings (SSSR count). The van der Waals surface area contributed by atoms with E-state index in [9.17, 15) is 9.90 Å². The maximum absolute atomic E-state index is 12.7. The monoisotopic (exact) mass is 449 g/mol. The van der Waals surface area contributed by atoms with Gasteiger partial charge >= 0.3 is 0 Å². The van der Waals surface area contributed by atoms with Crippen LogP contribution in [0, 0.1) is 31.6 Å². The van der Waals surface area contributed by atoms with Gasteiger partial charge in [0, 0.05) is 37.2 Å². The standard InChI is InChI=1S/C22H27N9O2/c1-11-13(5-23-22(24-11)30-7-15-16(8-30)17(15)10-32)6-31-9-19(27-29-31)21(33)25-18-4-3-14-12(2)26-28-20(14)18/h5,9,15-18,32H,3-4,6-8,10H2,1-2H3,(H,25,33)(H,26,28)/t15-,16+,17-,18-/m1/s1. The number of nitrogens with zero attached hydrogens (tertiary/aromatic N) is 7. The van der Waals surface area contributed by atoms with Crippen LogP contribution in [0.1, 0.15) is 51.2 Å². The predicted octanol–water partition coefficient (Wildman–Crippen LogP) is 0.548. The Morgan fingerprint density at radius 3 is 2.85 bits per heavy atom. The van der Waals surface area contributed by atoms with Crippen LogP contribution in [0.25, 0.3) is 0 Å². The number of hydrogen-bond donors (Lipinski definition) is 3. The molecule has 2 aliphatic carbocycles. The highest BCUT2D eigenvalue weighted by Gasteiger charge is 2.55. The molecule has 4 atom stereocenters. The third-order valence-electron chi connectivity index (χ3n) is 7.48. The zero-order valence-electron chi connectivity index (χ0n) is 18.7. The summed E-state index contributed by atoms with van der Waals surface area (Å²) in [5.41, 5.74) is 5.28. The fraction of sp³-hybridized carbons (Fsp3) is 0.545. The van der Waals surface area contributed by atoms with E-state index in [0.29, 0.717) is 24.3 Å². The Balaban J connectivity index is 1.09. The van der Waals surface area contributed by atoms with E-state index in [1.807, 2.05) is 20.0 Å². The van der Waals surface area contributed by atoms with E-state index in [1.54, 1.807) is 10.9 Å². The van der Waals surface area contributed by atoms with Crippen molar-refractivity contribution in [3.8, 4) is 0 Å². The van der Waals surface area contributed by atoms with Gasteiger partial charge in [-0.15, -0.1) is 5.10 Å². The van der Waals surface area contributed by atoms with E-state index in [1.165, 1.54) is 5.56 Å². The second kappa shape index (κ2) is 7.62. The largest absolute Gasteiger partial charge is 0.396 e. The van der Waals surface area contributed by atoms with Gasteiger partial charge in [0.15, 0.2) is 5.69 Å². The zero-order chi connectivity index (χ0) is 22.7. The van der Waals surface area contributed by atoms with Crippen LogP contribution in [0.5, 0.6) is 0 Å². The number of aryl methyl sites for hydroxylation is 2. The van der Waals surface area contributed by atoms with Gasteiger partial charge < -0.3 is 15.3 Å². The quantitative estimate of drug-likeness (QED) is 0.496. The van der Waals surface area contributed by atoms with Crippen molar-refractivity contribution in [1.82, 2.24) is 40.5 Å². The van der Waals surface area contributed by atoms with Gasteiger partial charge in [-0.2, -0.15) is 5.10 Å². The number of nitrogens with one attached hydrogen (secondary N) is 2. The summed E-state index contributed by atoms with van der Waals surface area (Å²) in [6.45, 7) is 6.49. The summed E-state index contributed by atoms with van der Waals surface area (Å²) in [7, 11) is 0. The Labute approximate surface area is 190 Å². The van der Waals surface area contributed by atoms with Crippen molar-refractivity contribution in [2.75, 3.05) is 24.6 Å². The van der Waals surface area contributed by atoms with Crippen molar-refractivity contribution >= 4 is 11.9 Å². The Hall–Kier alpha value is -3.34. The molecule has 0 bridgehead atoms. The third-order valence-corrected chi connectivity index (χ3v) is 7.48. The number of aromatic nitrogens is 7. The number of aromatic amines is 1. The highest BCUT2D eigenvalue weighted by molar-refractivity contribution is 5.92. The number of fused-ring (bicyclic) bond motifs is 2. The maximum Gasteiger partial charge on any atom is 0.273 e. The van der Waals surface area contributed by atoms with E-state index in [-0.39, 0.29) is 24.2 Å². The Kier molecular flexibility index (Phi) is 4.68. The normalized spacial score (nSPS) is 25.2. The van der Waals surface area contributed by atoms with Crippen LogP contribution in [0.3, 0.4) is 0 Å². The molecule has 0 spiro atoms. The number of rotatable bonds is 6. The first kappa shape index (κ1) is 20.3. The fourth-order valence-electron chi connectivity index (χ4n) is 5.41. The van der Waals surface area contributed by atoms with E-state index in [2.05, 4.69) is 35.7 Å². The van der Waals surface area contributed by atoms with Crippen LogP contribution >= 0.6 is 0 Å². The third kappa shape index (κ3) is 3.47. The van der Waals surface area contributed by atoms with Crippen molar-refractivity contribution in [1.29, 1.82) is 0 Å². The topological polar surface area (TPSA) is 138 Å². The minimum atomic E-state index is -0.247. The lowest BCUT2D eigenvalue weighted by Gasteiger charge is -2.20. The molecule has 3 aliphatic rings. The number of amides is 1. The molecule has 11 heteroatoms. The summed E-state index contributed by atoms with van der Waals surface area (Å²) in [5.74, 6) is 2.10. The van der Waals surface area contributed by atoms with E-state index >= 15 is 0 Å². The number of anilines is 1. The molecule has 1 saturated carbocycles. The number of H-pyrrole nitrogens is 1. The van der Waals surface area contributed by atoms with Gasteiger partial charge in [0.1, 0.15) is 0 Å². The van der Waals surface area contributed by atoms with Gasteiger partial charge in [-0.05, 0) is 50.0 Å². The first-order valence-electron chi connectivity index (χ1n) is 11.4. The van der Waals surface area contributed by atoms with Gasteiger partial charge in [0.25, 0.3) is 5.91 Å². The minimum Gasteiger partial charge on any atom is -0.396 e. The van der Waals surface area contributed by atoms with Gasteiger partial charge in [-0.25, -0.2) is 14.6 Å². The summed E-state index contributed by atoms with van der Waals surface area (Å²) in [6, 6.07) is -0.0775. The molecule has 1 saturated heterocycles. The molecule has 3 aromatic heterocycles. The number of carbonyl (C=O) groups is 1. The number of aliphatic hydroxyl groups is 1. The summed E-state index contributed by atoms with van der Waals surface area (Å²) >= 11 is 0. The molecule has 3 N–H and O–H groups in total. The zero-order valence-corrected chi connectivity index (χ0v) is 18.7. The molecular formula is C22H27N9O2. The van der Waals surface area contributed by atoms with Crippen LogP contribution in [0.2, 0.25) is 0 Å². The van der Waals surface area contributed by atoms with Crippen molar-refractivity contribution in [3.63, 3.8) is 0 Å². The second-order valence-corrected chi connectivity index (χ2v) is 9.43. The highest BCUT2D eigenvalue weighted by Crippen LogP contribution is 2.51. The van der Waals surface area contributed by atoms with Crippen molar-refractivity contribution < 1.29 is 9.90 Å². The number of hydrogen-bond acceptors (Lipinski definition) is 8. The minimum absolute atomic E-state index is 0.0775. The molecule has 3 aromatic rings. The Morgan fingerprint density at radius 1 is 1.27 bits per heavy atom. The van der Waals surface area contributed by atoms with Gasteiger partial charge in [-0.1, -0.05) is 5.21 Å². The van der Waals surface area contributed by atoms with Crippen LogP contribution in [-0.2, 0) is 13.0 Å². The summed E-state index contributed by atoms with van der Waals surface area (Å²) < 4.78 is 1.64. The summed E-state index contributed by atoms with van der Waals surface area (Å²) in [4.78, 5) is 24.2. The van der Waals surface area contributed by atoms with Crippen molar-refractivity contribution in [3.05, 3.63) is 46.3 Å². The first-order chi connectivity index (χ1) is 16.0. The number of aliphatic hydroxyl groups excluding tert-OH is 1. The average molecular weight is 450 g/mol. The van der Waals surface area contributed by atoms with Crippen molar-refractivity contribution in [2.45, 2.75) is 39.3 Å². The molecule has 0 unspecified atom stereocenters. The van der Waals surface area contributed by atoms with Crippen LogP contribution < -0.4 is 10.2 Å². The van der Waals surface area contributed by atoms with Crippen LogP contribution in [0.4, 0.5) is 5.95 Å². The summed E-state index contributed by atoms with van der Waals surface area (Å²) in [5, 5.41) is 27.8. The van der Waals surface area contributed by atoms with E-state index < -0.39 is 0 Å². The molecule has 172 valence electrons.